The quantitative estimate of drug-likeness (QED) is 0.0353. The molecule has 0 aliphatic heterocycles. The predicted octanol–water partition coefficient (Wildman–Crippen LogP) is 25.9. The van der Waals surface area contributed by atoms with Crippen LogP contribution in [-0.2, 0) is 12.8 Å². The minimum Gasteiger partial charge on any atom is -0.140 e. The highest BCUT2D eigenvalue weighted by Gasteiger charge is 2.20. The van der Waals surface area contributed by atoms with Crippen LogP contribution >= 0.6 is 56.7 Å². The van der Waals surface area contributed by atoms with Gasteiger partial charge in [0.2, 0.25) is 0 Å². The van der Waals surface area contributed by atoms with E-state index < -0.39 is 0 Å². The number of unbranched alkanes of at least 4 members (excludes halogenated alkanes) is 26. The summed E-state index contributed by atoms with van der Waals surface area (Å²) in [6.07, 6.45) is 41.7. The van der Waals surface area contributed by atoms with Gasteiger partial charge in [0, 0.05) is 59.2 Å². The number of fused-ring (bicyclic) bond motifs is 7. The van der Waals surface area contributed by atoms with Crippen LogP contribution in [0.3, 0.4) is 0 Å². The second-order valence-corrected chi connectivity index (χ2v) is 27.8. The van der Waals surface area contributed by atoms with Crippen molar-refractivity contribution in [2.75, 3.05) is 0 Å². The molecule has 398 valence electrons. The Hall–Kier alpha value is -3.58. The topological polar surface area (TPSA) is 0 Å². The van der Waals surface area contributed by atoms with Gasteiger partial charge < -0.3 is 0 Å². The van der Waals surface area contributed by atoms with Gasteiger partial charge >= 0.3 is 0 Å². The summed E-state index contributed by atoms with van der Waals surface area (Å²) >= 11 is 10.1. The molecule has 0 nitrogen and oxygen atoms in total. The number of rotatable bonds is 34. The van der Waals surface area contributed by atoms with Crippen molar-refractivity contribution in [1.29, 1.82) is 0 Å². The summed E-state index contributed by atoms with van der Waals surface area (Å²) < 4.78 is 2.81. The van der Waals surface area contributed by atoms with Crippen LogP contribution in [0.1, 0.15) is 215 Å². The molecule has 9 rings (SSSR count). The summed E-state index contributed by atoms with van der Waals surface area (Å²) in [4.78, 5) is 11.6. The second kappa shape index (κ2) is 29.4. The van der Waals surface area contributed by atoms with Gasteiger partial charge in [-0.2, -0.15) is 0 Å². The van der Waals surface area contributed by atoms with E-state index >= 15 is 0 Å². The van der Waals surface area contributed by atoms with Gasteiger partial charge in [-0.05, 0) is 120 Å². The van der Waals surface area contributed by atoms with E-state index in [-0.39, 0.29) is 0 Å². The van der Waals surface area contributed by atoms with Gasteiger partial charge in [-0.25, -0.2) is 0 Å². The highest BCUT2D eigenvalue weighted by molar-refractivity contribution is 7.29. The molecule has 0 N–H and O–H groups in total. The lowest BCUT2D eigenvalue weighted by Gasteiger charge is -2.05. The van der Waals surface area contributed by atoms with Crippen molar-refractivity contribution in [3.63, 3.8) is 0 Å². The molecule has 0 aliphatic rings. The average molecular weight is 1090 g/mol. The van der Waals surface area contributed by atoms with Crippen LogP contribution in [0.5, 0.6) is 0 Å². The van der Waals surface area contributed by atoms with Crippen LogP contribution in [0.15, 0.2) is 97.1 Å². The standard InChI is InChI=1S/C70H88S5/c1-5-7-9-11-13-15-17-19-21-23-25-27-29-31-33-56-49-65(73-67(56)63-44-36-52(4)71-63)66-50-57(34-32-30-28-26-24-22-20-18-16-14-12-10-8-6-2)68(74-66)64-46-45-62(72-64)55-39-41-59-54(48-55)38-43-61-60-42-37-53-47-51(3)35-40-58(53)69(60)75-70(59)61/h35-50H,5-34H2,1-4H3. The Bertz CT molecular complexity index is 3140. The molecule has 0 spiro atoms. The first-order valence-electron chi connectivity index (χ1n) is 30.2. The molecule has 4 aromatic carbocycles. The first-order valence-corrected chi connectivity index (χ1v) is 34.3. The van der Waals surface area contributed by atoms with Crippen LogP contribution in [0, 0.1) is 13.8 Å². The van der Waals surface area contributed by atoms with Gasteiger partial charge in [0.1, 0.15) is 0 Å². The maximum Gasteiger partial charge on any atom is 0.0481 e. The van der Waals surface area contributed by atoms with E-state index in [1.54, 1.807) is 11.1 Å². The first kappa shape index (κ1) is 56.2. The summed E-state index contributed by atoms with van der Waals surface area (Å²) in [5.74, 6) is 0. The summed E-state index contributed by atoms with van der Waals surface area (Å²) in [5.41, 5.74) is 5.78. The minimum absolute atomic E-state index is 1.17. The fourth-order valence-corrected chi connectivity index (χ4v) is 17.7. The van der Waals surface area contributed by atoms with Crippen molar-refractivity contribution in [2.45, 2.75) is 220 Å². The molecule has 75 heavy (non-hydrogen) atoms. The zero-order valence-corrected chi connectivity index (χ0v) is 50.6. The predicted molar refractivity (Wildman–Crippen MR) is 345 cm³/mol. The van der Waals surface area contributed by atoms with E-state index in [2.05, 4.69) is 147 Å². The fraction of sp³-hybridized carbons (Fsp3) is 0.486. The van der Waals surface area contributed by atoms with Crippen molar-refractivity contribution in [3.8, 4) is 39.7 Å². The molecular formula is C70H88S5. The highest BCUT2D eigenvalue weighted by atomic mass is 32.1. The van der Waals surface area contributed by atoms with Crippen molar-refractivity contribution in [1.82, 2.24) is 0 Å². The van der Waals surface area contributed by atoms with Gasteiger partial charge in [0.15, 0.2) is 0 Å². The molecule has 0 aliphatic carbocycles. The van der Waals surface area contributed by atoms with E-state index in [0.717, 1.165) is 0 Å². The molecule has 0 amide bonds. The molecule has 0 atom stereocenters. The fourth-order valence-electron chi connectivity index (χ4n) is 11.7. The van der Waals surface area contributed by atoms with Crippen LogP contribution in [0.4, 0.5) is 0 Å². The van der Waals surface area contributed by atoms with Crippen LogP contribution in [0.25, 0.3) is 81.4 Å². The van der Waals surface area contributed by atoms with Crippen molar-refractivity contribution in [2.24, 2.45) is 0 Å². The molecule has 9 aromatic rings. The SMILES string of the molecule is CCCCCCCCCCCCCCCCc1cc(-c2cc(CCCCCCCCCCCCCCCC)c(-c3ccc(-c4ccc5c(ccc6c7ccc8cc(C)ccc8c7sc56)c4)s3)s2)sc1-c1ccc(C)s1. The summed E-state index contributed by atoms with van der Waals surface area (Å²) in [5, 5.41) is 8.16. The molecule has 0 bridgehead atoms. The Morgan fingerprint density at radius 1 is 0.293 bits per heavy atom. The second-order valence-electron chi connectivity index (χ2n) is 22.3. The Labute approximate surface area is 473 Å². The Kier molecular flexibility index (Phi) is 22.0. The number of hydrogen-bond donors (Lipinski definition) is 0. The van der Waals surface area contributed by atoms with Gasteiger partial charge in [0.05, 0.1) is 0 Å². The molecule has 0 saturated heterocycles. The third-order valence-electron chi connectivity index (χ3n) is 16.1. The Morgan fingerprint density at radius 2 is 0.693 bits per heavy atom. The normalized spacial score (nSPS) is 12.0. The lowest BCUT2D eigenvalue weighted by molar-refractivity contribution is 0.535. The lowest BCUT2D eigenvalue weighted by atomic mass is 10.0. The molecule has 0 radical (unpaired) electrons. The van der Waals surface area contributed by atoms with E-state index in [9.17, 15) is 0 Å². The van der Waals surface area contributed by atoms with E-state index in [0.29, 0.717) is 0 Å². The zero-order valence-electron chi connectivity index (χ0n) is 46.5. The van der Waals surface area contributed by atoms with E-state index in [1.165, 1.54) is 284 Å². The molecule has 5 heterocycles. The van der Waals surface area contributed by atoms with Crippen LogP contribution < -0.4 is 0 Å². The van der Waals surface area contributed by atoms with E-state index in [4.69, 9.17) is 0 Å². The van der Waals surface area contributed by atoms with Gasteiger partial charge in [-0.15, -0.1) is 56.7 Å². The van der Waals surface area contributed by atoms with Crippen molar-refractivity contribution in [3.05, 3.63) is 119 Å². The molecule has 0 fully saturated rings. The lowest BCUT2D eigenvalue weighted by Crippen LogP contribution is -1.87. The molecular weight excluding hydrogens is 1000 g/mol. The van der Waals surface area contributed by atoms with Crippen molar-refractivity contribution >= 4 is 98.4 Å². The van der Waals surface area contributed by atoms with Gasteiger partial charge in [-0.1, -0.05) is 241 Å². The third-order valence-corrected chi connectivity index (χ3v) is 22.5. The molecule has 0 unspecified atom stereocenters. The van der Waals surface area contributed by atoms with Crippen LogP contribution in [-0.4, -0.2) is 0 Å². The monoisotopic (exact) mass is 1090 g/mol. The molecule has 0 saturated carbocycles. The third kappa shape index (κ3) is 15.4. The van der Waals surface area contributed by atoms with Gasteiger partial charge in [-0.3, -0.25) is 0 Å². The zero-order chi connectivity index (χ0) is 51.6. The highest BCUT2D eigenvalue weighted by Crippen LogP contribution is 2.49. The summed E-state index contributed by atoms with van der Waals surface area (Å²) in [6, 6.07) is 38.3. The number of thiophene rings is 5. The van der Waals surface area contributed by atoms with Crippen molar-refractivity contribution < 1.29 is 0 Å². The molecule has 5 aromatic heterocycles. The first-order chi connectivity index (χ1) is 37.0. The number of benzene rings is 4. The van der Waals surface area contributed by atoms with Crippen LogP contribution in [0.2, 0.25) is 0 Å². The summed E-state index contributed by atoms with van der Waals surface area (Å²) in [6.45, 7) is 9.09. The number of hydrogen-bond acceptors (Lipinski definition) is 5. The maximum atomic E-state index is 2.61. The molecule has 5 heteroatoms. The smallest absolute Gasteiger partial charge is 0.0481 e. The van der Waals surface area contributed by atoms with Gasteiger partial charge in [0.25, 0.3) is 0 Å². The van der Waals surface area contributed by atoms with E-state index in [1.807, 2.05) is 34.0 Å². The Balaban J connectivity index is 0.881. The maximum absolute atomic E-state index is 2.61. The number of aryl methyl sites for hydroxylation is 4. The minimum atomic E-state index is 1.17. The summed E-state index contributed by atoms with van der Waals surface area (Å²) in [7, 11) is 0. The Morgan fingerprint density at radius 3 is 1.16 bits per heavy atom. The average Bonchev–Trinajstić information content (AvgIpc) is 4.30. The largest absolute Gasteiger partial charge is 0.140 e.